The molecule has 3 N–H and O–H groups in total. The van der Waals surface area contributed by atoms with Crippen LogP contribution in [0.5, 0.6) is 0 Å². The number of nitrogens with one attached hydrogen (secondary N) is 1. The molecule has 0 radical (unpaired) electrons. The molecule has 0 heterocycles. The Morgan fingerprint density at radius 2 is 2.24 bits per heavy atom. The predicted octanol–water partition coefficient (Wildman–Crippen LogP) is 2.97. The Labute approximate surface area is 111 Å². The Morgan fingerprint density at radius 1 is 1.59 bits per heavy atom. The van der Waals surface area contributed by atoms with Gasteiger partial charge in [-0.25, -0.2) is 4.39 Å². The van der Waals surface area contributed by atoms with Gasteiger partial charge in [-0.05, 0) is 31.5 Å². The molecule has 0 aliphatic heterocycles. The van der Waals surface area contributed by atoms with Crippen LogP contribution in [0.3, 0.4) is 0 Å². The van der Waals surface area contributed by atoms with Crippen molar-refractivity contribution >= 4 is 35.6 Å². The van der Waals surface area contributed by atoms with E-state index in [1.807, 2.05) is 6.92 Å². The van der Waals surface area contributed by atoms with Crippen molar-refractivity contribution in [2.24, 2.45) is 5.73 Å². The van der Waals surface area contributed by atoms with E-state index in [1.54, 1.807) is 0 Å². The van der Waals surface area contributed by atoms with Crippen LogP contribution in [0.25, 0.3) is 0 Å². The number of rotatable bonds is 4. The summed E-state index contributed by atoms with van der Waals surface area (Å²) in [7, 11) is 0. The van der Waals surface area contributed by atoms with Crippen molar-refractivity contribution in [2.75, 3.05) is 5.32 Å². The van der Waals surface area contributed by atoms with Gasteiger partial charge in [-0.2, -0.15) is 0 Å². The van der Waals surface area contributed by atoms with E-state index in [-0.39, 0.29) is 36.5 Å². The van der Waals surface area contributed by atoms with E-state index in [4.69, 9.17) is 17.3 Å². The van der Waals surface area contributed by atoms with Gasteiger partial charge in [0, 0.05) is 17.5 Å². The van der Waals surface area contributed by atoms with E-state index in [0.717, 1.165) is 6.07 Å². The lowest BCUT2D eigenvalue weighted by molar-refractivity contribution is -0.116. The van der Waals surface area contributed by atoms with Crippen LogP contribution in [0.15, 0.2) is 18.2 Å². The van der Waals surface area contributed by atoms with Crippen molar-refractivity contribution in [3.63, 3.8) is 0 Å². The molecule has 0 saturated heterocycles. The largest absolute Gasteiger partial charge is 0.328 e. The van der Waals surface area contributed by atoms with E-state index in [2.05, 4.69) is 5.32 Å². The Morgan fingerprint density at radius 3 is 2.76 bits per heavy atom. The van der Waals surface area contributed by atoms with Crippen LogP contribution in [0.2, 0.25) is 5.02 Å². The Kier molecular flexibility index (Phi) is 7.11. The quantitative estimate of drug-likeness (QED) is 0.891. The normalized spacial score (nSPS) is 11.5. The molecule has 3 nitrogen and oxygen atoms in total. The molecular weight excluding hydrogens is 266 g/mol. The molecule has 1 aromatic carbocycles. The predicted molar refractivity (Wildman–Crippen MR) is 70.2 cm³/mol. The Hall–Kier alpha value is -0.840. The molecule has 0 saturated carbocycles. The van der Waals surface area contributed by atoms with Crippen LogP contribution in [0.4, 0.5) is 10.1 Å². The first-order valence-corrected chi connectivity index (χ1v) is 5.37. The monoisotopic (exact) mass is 280 g/mol. The summed E-state index contributed by atoms with van der Waals surface area (Å²) in [6.45, 7) is 1.82. The zero-order valence-corrected chi connectivity index (χ0v) is 10.9. The van der Waals surface area contributed by atoms with Gasteiger partial charge in [0.25, 0.3) is 0 Å². The van der Waals surface area contributed by atoms with Gasteiger partial charge in [-0.1, -0.05) is 11.6 Å². The zero-order valence-electron chi connectivity index (χ0n) is 9.37. The van der Waals surface area contributed by atoms with Crippen LogP contribution in [0, 0.1) is 5.82 Å². The first kappa shape index (κ1) is 16.2. The SMILES string of the molecule is CC(N)CCC(=O)Nc1ccc(Cl)cc1F.Cl. The number of carbonyl (C=O) groups excluding carboxylic acids is 1. The molecule has 0 fully saturated rings. The third-order valence-corrected chi connectivity index (χ3v) is 2.27. The van der Waals surface area contributed by atoms with Gasteiger partial charge in [0.1, 0.15) is 5.82 Å². The summed E-state index contributed by atoms with van der Waals surface area (Å²) in [5, 5.41) is 2.76. The molecule has 1 atom stereocenters. The van der Waals surface area contributed by atoms with E-state index >= 15 is 0 Å². The van der Waals surface area contributed by atoms with Gasteiger partial charge in [-0.15, -0.1) is 12.4 Å². The molecule has 0 bridgehead atoms. The first-order valence-electron chi connectivity index (χ1n) is 4.99. The average Bonchev–Trinajstić information content (AvgIpc) is 2.19. The molecule has 0 aliphatic carbocycles. The molecule has 17 heavy (non-hydrogen) atoms. The molecule has 1 unspecified atom stereocenters. The third kappa shape index (κ3) is 5.86. The highest BCUT2D eigenvalue weighted by atomic mass is 35.5. The second-order valence-electron chi connectivity index (χ2n) is 3.69. The summed E-state index contributed by atoms with van der Waals surface area (Å²) in [6, 6.07) is 4.07. The number of benzene rings is 1. The lowest BCUT2D eigenvalue weighted by Crippen LogP contribution is -2.19. The van der Waals surface area contributed by atoms with Crippen molar-refractivity contribution < 1.29 is 9.18 Å². The Balaban J connectivity index is 0.00000256. The minimum atomic E-state index is -0.540. The molecule has 1 amide bonds. The maximum Gasteiger partial charge on any atom is 0.224 e. The summed E-state index contributed by atoms with van der Waals surface area (Å²) in [5.74, 6) is -0.792. The molecule has 96 valence electrons. The van der Waals surface area contributed by atoms with Crippen molar-refractivity contribution in [1.82, 2.24) is 0 Å². The van der Waals surface area contributed by atoms with Crippen LogP contribution in [-0.4, -0.2) is 11.9 Å². The molecule has 6 heteroatoms. The van der Waals surface area contributed by atoms with Crippen molar-refractivity contribution in [3.05, 3.63) is 29.0 Å². The number of amides is 1. The second kappa shape index (κ2) is 7.48. The zero-order chi connectivity index (χ0) is 12.1. The maximum atomic E-state index is 13.3. The topological polar surface area (TPSA) is 55.1 Å². The Bertz CT molecular complexity index is 386. The highest BCUT2D eigenvalue weighted by Crippen LogP contribution is 2.19. The number of anilines is 1. The fourth-order valence-corrected chi connectivity index (χ4v) is 1.32. The third-order valence-electron chi connectivity index (χ3n) is 2.03. The first-order chi connectivity index (χ1) is 7.49. The standard InChI is InChI=1S/C11H14ClFN2O.ClH/c1-7(14)2-5-11(16)15-10-4-3-8(12)6-9(10)13;/h3-4,6-7H,2,5,14H2,1H3,(H,15,16);1H. The highest BCUT2D eigenvalue weighted by molar-refractivity contribution is 6.30. The van der Waals surface area contributed by atoms with E-state index < -0.39 is 5.82 Å². The lowest BCUT2D eigenvalue weighted by Gasteiger charge is -2.07. The van der Waals surface area contributed by atoms with Crippen molar-refractivity contribution in [1.29, 1.82) is 0 Å². The van der Waals surface area contributed by atoms with Gasteiger partial charge < -0.3 is 11.1 Å². The van der Waals surface area contributed by atoms with E-state index in [0.29, 0.717) is 11.4 Å². The number of hydrogen-bond donors (Lipinski definition) is 2. The van der Waals surface area contributed by atoms with Crippen LogP contribution >= 0.6 is 24.0 Å². The smallest absolute Gasteiger partial charge is 0.224 e. The molecule has 1 rings (SSSR count). The summed E-state index contributed by atoms with van der Waals surface area (Å²) in [6.07, 6.45) is 0.848. The molecule has 0 aromatic heterocycles. The van der Waals surface area contributed by atoms with Gasteiger partial charge in [-0.3, -0.25) is 4.79 Å². The van der Waals surface area contributed by atoms with Gasteiger partial charge in [0.2, 0.25) is 5.91 Å². The molecule has 0 spiro atoms. The van der Waals surface area contributed by atoms with Crippen molar-refractivity contribution in [3.8, 4) is 0 Å². The minimum Gasteiger partial charge on any atom is -0.328 e. The van der Waals surface area contributed by atoms with Crippen LogP contribution in [0.1, 0.15) is 19.8 Å². The van der Waals surface area contributed by atoms with E-state index in [9.17, 15) is 9.18 Å². The average molecular weight is 281 g/mol. The second-order valence-corrected chi connectivity index (χ2v) is 4.12. The van der Waals surface area contributed by atoms with Gasteiger partial charge in [0.05, 0.1) is 5.69 Å². The lowest BCUT2D eigenvalue weighted by atomic mass is 10.2. The molecule has 1 aromatic rings. The van der Waals surface area contributed by atoms with E-state index in [1.165, 1.54) is 12.1 Å². The number of halogens is 3. The van der Waals surface area contributed by atoms with Gasteiger partial charge >= 0.3 is 0 Å². The molecular formula is C11H15Cl2FN2O. The number of hydrogen-bond acceptors (Lipinski definition) is 2. The minimum absolute atomic E-state index is 0. The van der Waals surface area contributed by atoms with Crippen LogP contribution in [-0.2, 0) is 4.79 Å². The highest BCUT2D eigenvalue weighted by Gasteiger charge is 2.08. The molecule has 0 aliphatic rings. The van der Waals surface area contributed by atoms with Gasteiger partial charge in [0.15, 0.2) is 0 Å². The fourth-order valence-electron chi connectivity index (χ4n) is 1.16. The number of carbonyl (C=O) groups is 1. The maximum absolute atomic E-state index is 13.3. The summed E-state index contributed by atoms with van der Waals surface area (Å²) in [4.78, 5) is 11.4. The summed E-state index contributed by atoms with van der Waals surface area (Å²) >= 11 is 5.59. The number of nitrogens with two attached hydrogens (primary N) is 1. The fraction of sp³-hybridized carbons (Fsp3) is 0.364. The summed E-state index contributed by atoms with van der Waals surface area (Å²) < 4.78 is 13.3. The summed E-state index contributed by atoms with van der Waals surface area (Å²) in [5.41, 5.74) is 5.65. The van der Waals surface area contributed by atoms with Crippen molar-refractivity contribution in [2.45, 2.75) is 25.8 Å². The van der Waals surface area contributed by atoms with Crippen LogP contribution < -0.4 is 11.1 Å².